The summed E-state index contributed by atoms with van der Waals surface area (Å²) in [7, 11) is 0. The van der Waals surface area contributed by atoms with Gasteiger partial charge in [0.15, 0.2) is 0 Å². The molecule has 0 aliphatic carbocycles. The molecular formula is C52H88N10O15. The molecule has 1 aromatic rings. The Balaban J connectivity index is 1.73. The van der Waals surface area contributed by atoms with E-state index in [1.54, 1.807) is 0 Å². The predicted octanol–water partition coefficient (Wildman–Crippen LogP) is -3.31. The molecule has 0 saturated carbocycles. The van der Waals surface area contributed by atoms with Gasteiger partial charge in [-0.3, -0.25) is 38.9 Å². The molecule has 16 atom stereocenters. The number of nitrogens with two attached hydrogens (primary N) is 2. The number of aliphatic hydroxyl groups is 7. The first kappa shape index (κ1) is 64.4. The number of rotatable bonds is 23. The molecule has 0 unspecified atom stereocenters. The average molecular weight is 1090 g/mol. The fourth-order valence-corrected chi connectivity index (χ4v) is 10.2. The number of hydrogen-bond acceptors (Lipinski definition) is 18. The van der Waals surface area contributed by atoms with E-state index in [0.717, 1.165) is 55.2 Å². The van der Waals surface area contributed by atoms with E-state index in [2.05, 4.69) is 52.7 Å². The summed E-state index contributed by atoms with van der Waals surface area (Å²) in [6.07, 6.45) is -6.95. The topological polar surface area (TPSA) is 412 Å². The predicted molar refractivity (Wildman–Crippen MR) is 280 cm³/mol. The normalized spacial score (nSPS) is 28.6. The maximum absolute atomic E-state index is 14.6. The van der Waals surface area contributed by atoms with Crippen molar-refractivity contribution in [2.45, 2.75) is 203 Å². The van der Waals surface area contributed by atoms with E-state index in [9.17, 15) is 74.4 Å². The lowest BCUT2D eigenvalue weighted by molar-refractivity contribution is -0.148. The molecule has 77 heavy (non-hydrogen) atoms. The molecule has 25 nitrogen and oxygen atoms in total. The molecule has 3 saturated heterocycles. The van der Waals surface area contributed by atoms with E-state index in [1.165, 1.54) is 30.7 Å². The molecule has 0 aromatic heterocycles. The number of hydrogen-bond donors (Lipinski definition) is 16. The maximum atomic E-state index is 14.6. The number of benzene rings is 1. The van der Waals surface area contributed by atoms with Crippen molar-refractivity contribution in [2.75, 3.05) is 32.7 Å². The van der Waals surface area contributed by atoms with Gasteiger partial charge < -0.3 is 88.7 Å². The summed E-state index contributed by atoms with van der Waals surface area (Å²) in [5, 5.41) is 104. The summed E-state index contributed by atoms with van der Waals surface area (Å²) in [5.41, 5.74) is 11.5. The fraction of sp³-hybridized carbons (Fsp3) is 0.750. The third-order valence-corrected chi connectivity index (χ3v) is 14.9. The standard InChI is InChI=1S/C52H88N10O15/c1-5-28(2)24-29(3)12-10-8-6-7-9-11-13-39(69)56-34-26-38(68)46(55-22-21-54)60-50(75)43-37(67)19-23-61(43)52(77)41(36(66)18-20-53)58-49(74)42(45(71)44(70)31-14-16-32(64)17-15-31)59-48(73)35-25-33(65)27-62(35)51(76)40(30(4)63)57-47(34)72/h14-17,28-30,33-38,40-46,55,63-68,70-71H,5-13,18-27,53-54H2,1-4H3,(H,56,69)(H,57,72)(H,58,74)(H,59,73)(H,60,75)/t28-,29-,30-,33-,34+,35+,36-,37+,38-,40+,41+,42+,43+,44+,45+,46+/m1/s1. The van der Waals surface area contributed by atoms with Crippen molar-refractivity contribution in [1.82, 2.24) is 41.7 Å². The van der Waals surface area contributed by atoms with Crippen molar-refractivity contribution in [3.63, 3.8) is 0 Å². The highest BCUT2D eigenvalue weighted by Crippen LogP contribution is 2.27. The first-order chi connectivity index (χ1) is 36.5. The highest BCUT2D eigenvalue weighted by Gasteiger charge is 2.49. The second-order valence-electron chi connectivity index (χ2n) is 21.3. The van der Waals surface area contributed by atoms with Gasteiger partial charge >= 0.3 is 0 Å². The Kier molecular flexibility index (Phi) is 26.4. The van der Waals surface area contributed by atoms with Crippen LogP contribution in [0.3, 0.4) is 0 Å². The van der Waals surface area contributed by atoms with Crippen molar-refractivity contribution in [2.24, 2.45) is 23.3 Å². The molecule has 3 aliphatic heterocycles. The number of aromatic hydroxyl groups is 1. The second kappa shape index (κ2) is 31.5. The Morgan fingerprint density at radius 2 is 1.34 bits per heavy atom. The minimum Gasteiger partial charge on any atom is -0.508 e. The van der Waals surface area contributed by atoms with Crippen molar-refractivity contribution in [1.29, 1.82) is 0 Å². The van der Waals surface area contributed by atoms with E-state index in [4.69, 9.17) is 11.5 Å². The number of nitrogens with one attached hydrogen (secondary N) is 6. The molecule has 0 radical (unpaired) electrons. The molecule has 3 aliphatic rings. The second-order valence-corrected chi connectivity index (χ2v) is 21.3. The number of carbonyl (C=O) groups excluding carboxylic acids is 7. The molecule has 0 bridgehead atoms. The van der Waals surface area contributed by atoms with Crippen molar-refractivity contribution < 1.29 is 74.4 Å². The first-order valence-corrected chi connectivity index (χ1v) is 27.3. The van der Waals surface area contributed by atoms with Crippen molar-refractivity contribution >= 4 is 41.4 Å². The van der Waals surface area contributed by atoms with Gasteiger partial charge in [0.25, 0.3) is 0 Å². The number of phenolic OH excluding ortho intramolecular Hbond substituents is 1. The number of fused-ring (bicyclic) bond motifs is 2. The molecule has 4 rings (SSSR count). The van der Waals surface area contributed by atoms with Crippen LogP contribution in [0, 0.1) is 11.8 Å². The lowest BCUT2D eigenvalue weighted by atomic mass is 9.91. The van der Waals surface area contributed by atoms with Crippen LogP contribution in [0.2, 0.25) is 0 Å². The maximum Gasteiger partial charge on any atom is 0.248 e. The number of amides is 7. The van der Waals surface area contributed by atoms with Crippen LogP contribution in [-0.2, 0) is 33.6 Å². The van der Waals surface area contributed by atoms with Crippen LogP contribution in [0.1, 0.15) is 129 Å². The van der Waals surface area contributed by atoms with Gasteiger partial charge in [-0.05, 0) is 68.7 Å². The van der Waals surface area contributed by atoms with E-state index >= 15 is 0 Å². The lowest BCUT2D eigenvalue weighted by Crippen LogP contribution is -2.65. The summed E-state index contributed by atoms with van der Waals surface area (Å²) in [4.78, 5) is 102. The zero-order valence-electron chi connectivity index (χ0n) is 45.0. The van der Waals surface area contributed by atoms with E-state index in [0.29, 0.717) is 24.7 Å². The molecule has 25 heteroatoms. The summed E-state index contributed by atoms with van der Waals surface area (Å²) < 4.78 is 0. The highest BCUT2D eigenvalue weighted by atomic mass is 16.3. The zero-order valence-corrected chi connectivity index (χ0v) is 45.0. The van der Waals surface area contributed by atoms with E-state index < -0.39 is 146 Å². The molecular weight excluding hydrogens is 1000 g/mol. The minimum absolute atomic E-state index is 0.0257. The Morgan fingerprint density at radius 1 is 0.714 bits per heavy atom. The molecule has 1 aromatic carbocycles. The SMILES string of the molecule is CC[C@@H](C)C[C@H](C)CCCCCCCCC(=O)N[C@H]1C[C@@H](O)[C@@H](NCCN)NC(=O)[C@@H]2[C@@H](O)CCN2C(=O)[C@H]([C@H](O)CCN)NC(=O)[C@H]([C@H](O)[C@@H](O)c2ccc(O)cc2)NC(=O)[C@@H]2C[C@@H](O)CN2C(=O)[C@H]([C@@H](C)O)NC1=O. The van der Waals surface area contributed by atoms with Crippen LogP contribution >= 0.6 is 0 Å². The van der Waals surface area contributed by atoms with Crippen molar-refractivity contribution in [3.05, 3.63) is 29.8 Å². The minimum atomic E-state index is -2.28. The van der Waals surface area contributed by atoms with Crippen LogP contribution < -0.4 is 43.4 Å². The largest absolute Gasteiger partial charge is 0.508 e. The summed E-state index contributed by atoms with van der Waals surface area (Å²) >= 11 is 0. The third-order valence-electron chi connectivity index (χ3n) is 14.9. The van der Waals surface area contributed by atoms with Crippen LogP contribution in [0.25, 0.3) is 0 Å². The van der Waals surface area contributed by atoms with Crippen molar-refractivity contribution in [3.8, 4) is 5.75 Å². The number of nitrogens with zero attached hydrogens (tertiary/aromatic N) is 2. The highest BCUT2D eigenvalue weighted by molar-refractivity contribution is 5.98. The average Bonchev–Trinajstić information content (AvgIpc) is 3.99. The van der Waals surface area contributed by atoms with Gasteiger partial charge in [0.05, 0.1) is 30.5 Å². The number of aliphatic hydroxyl groups excluding tert-OH is 7. The molecule has 436 valence electrons. The zero-order chi connectivity index (χ0) is 57.1. The Labute approximate surface area is 450 Å². The molecule has 18 N–H and O–H groups in total. The van der Waals surface area contributed by atoms with Crippen LogP contribution in [0.4, 0.5) is 0 Å². The van der Waals surface area contributed by atoms with Gasteiger partial charge in [0.2, 0.25) is 41.4 Å². The smallest absolute Gasteiger partial charge is 0.248 e. The molecule has 3 heterocycles. The summed E-state index contributed by atoms with van der Waals surface area (Å²) in [6, 6.07) is -6.40. The van der Waals surface area contributed by atoms with Gasteiger partial charge in [-0.1, -0.05) is 77.8 Å². The van der Waals surface area contributed by atoms with Crippen LogP contribution in [0.15, 0.2) is 24.3 Å². The van der Waals surface area contributed by atoms with Gasteiger partial charge in [-0.25, -0.2) is 0 Å². The van der Waals surface area contributed by atoms with E-state index in [-0.39, 0.29) is 56.8 Å². The Bertz CT molecular complexity index is 2070. The molecule has 3 fully saturated rings. The summed E-state index contributed by atoms with van der Waals surface area (Å²) in [5.74, 6) is -6.43. The van der Waals surface area contributed by atoms with Gasteiger partial charge in [-0.15, -0.1) is 0 Å². The van der Waals surface area contributed by atoms with Crippen LogP contribution in [-0.4, -0.2) is 204 Å². The first-order valence-electron chi connectivity index (χ1n) is 27.3. The fourth-order valence-electron chi connectivity index (χ4n) is 10.2. The lowest BCUT2D eigenvalue weighted by Gasteiger charge is -2.35. The van der Waals surface area contributed by atoms with E-state index in [1.807, 2.05) is 0 Å². The van der Waals surface area contributed by atoms with Gasteiger partial charge in [-0.2, -0.15) is 0 Å². The number of unbranched alkanes of at least 4 members (excludes halogenated alkanes) is 5. The number of phenols is 1. The molecule has 7 amide bonds. The summed E-state index contributed by atoms with van der Waals surface area (Å²) in [6.45, 7) is 6.73. The monoisotopic (exact) mass is 1090 g/mol. The number of carbonyl (C=O) groups is 7. The quantitative estimate of drug-likeness (QED) is 0.0477. The molecule has 0 spiro atoms. The Hall–Kier alpha value is -5.09. The van der Waals surface area contributed by atoms with Gasteiger partial charge in [0.1, 0.15) is 60.4 Å². The Morgan fingerprint density at radius 3 is 1.97 bits per heavy atom. The van der Waals surface area contributed by atoms with Crippen LogP contribution in [0.5, 0.6) is 5.75 Å². The third kappa shape index (κ3) is 18.8. The van der Waals surface area contributed by atoms with Gasteiger partial charge in [0, 0.05) is 45.4 Å².